The Morgan fingerprint density at radius 2 is 2.36 bits per heavy atom. The van der Waals surface area contributed by atoms with Crippen LogP contribution in [0.25, 0.3) is 0 Å². The van der Waals surface area contributed by atoms with Gasteiger partial charge in [0.25, 0.3) is 0 Å². The maximum Gasteiger partial charge on any atom is 0.163 e. The Hall–Kier alpha value is -0.410. The lowest BCUT2D eigenvalue weighted by atomic mass is 10.1. The molecule has 0 amide bonds. The van der Waals surface area contributed by atoms with Crippen LogP contribution in [0.15, 0.2) is 0 Å². The second-order valence-electron chi connectivity index (χ2n) is 2.65. The van der Waals surface area contributed by atoms with Crippen molar-refractivity contribution in [2.75, 3.05) is 19.8 Å². The first kappa shape index (κ1) is 8.68. The van der Waals surface area contributed by atoms with E-state index in [9.17, 15) is 4.79 Å². The molecule has 1 aliphatic heterocycles. The van der Waals surface area contributed by atoms with E-state index in [0.29, 0.717) is 26.2 Å². The zero-order valence-electron chi connectivity index (χ0n) is 6.84. The maximum absolute atomic E-state index is 11.2. The van der Waals surface area contributed by atoms with Crippen molar-refractivity contribution in [3.63, 3.8) is 0 Å². The molecule has 0 N–H and O–H groups in total. The van der Waals surface area contributed by atoms with Gasteiger partial charge in [-0.05, 0) is 6.42 Å². The van der Waals surface area contributed by atoms with Crippen LogP contribution >= 0.6 is 0 Å². The van der Waals surface area contributed by atoms with Crippen LogP contribution in [0, 0.1) is 0 Å². The Morgan fingerprint density at radius 1 is 1.55 bits per heavy atom. The highest BCUT2D eigenvalue weighted by Gasteiger charge is 2.20. The second-order valence-corrected chi connectivity index (χ2v) is 2.65. The molecule has 0 radical (unpaired) electrons. The van der Waals surface area contributed by atoms with Crippen LogP contribution in [0.1, 0.15) is 19.8 Å². The minimum Gasteiger partial charge on any atom is -0.376 e. The fourth-order valence-corrected chi connectivity index (χ4v) is 1.08. The maximum atomic E-state index is 11.2. The standard InChI is InChI=1S/C8H14O3/c1-2-3-7(9)8-6-10-4-5-11-8/h8H,2-6H2,1H3. The highest BCUT2D eigenvalue weighted by atomic mass is 16.6. The minimum absolute atomic E-state index is 0.173. The summed E-state index contributed by atoms with van der Waals surface area (Å²) in [5.41, 5.74) is 0. The Bertz CT molecular complexity index is 127. The van der Waals surface area contributed by atoms with Gasteiger partial charge in [0.05, 0.1) is 19.8 Å². The van der Waals surface area contributed by atoms with Crippen molar-refractivity contribution < 1.29 is 14.3 Å². The van der Waals surface area contributed by atoms with E-state index in [4.69, 9.17) is 9.47 Å². The van der Waals surface area contributed by atoms with Gasteiger partial charge in [0.1, 0.15) is 6.10 Å². The smallest absolute Gasteiger partial charge is 0.163 e. The molecule has 1 unspecified atom stereocenters. The quantitative estimate of drug-likeness (QED) is 0.608. The summed E-state index contributed by atoms with van der Waals surface area (Å²) >= 11 is 0. The van der Waals surface area contributed by atoms with Crippen LogP contribution in [0.4, 0.5) is 0 Å². The topological polar surface area (TPSA) is 35.5 Å². The van der Waals surface area contributed by atoms with E-state index in [-0.39, 0.29) is 11.9 Å². The van der Waals surface area contributed by atoms with Gasteiger partial charge in [0.15, 0.2) is 5.78 Å². The molecule has 1 heterocycles. The Kier molecular flexibility index (Phi) is 3.52. The third kappa shape index (κ3) is 2.60. The van der Waals surface area contributed by atoms with E-state index < -0.39 is 0 Å². The number of carbonyl (C=O) groups is 1. The molecule has 1 rings (SSSR count). The second kappa shape index (κ2) is 4.46. The van der Waals surface area contributed by atoms with Gasteiger partial charge < -0.3 is 9.47 Å². The largest absolute Gasteiger partial charge is 0.376 e. The number of hydrogen-bond acceptors (Lipinski definition) is 3. The van der Waals surface area contributed by atoms with Crippen LogP contribution in [0.3, 0.4) is 0 Å². The van der Waals surface area contributed by atoms with Crippen molar-refractivity contribution in [2.45, 2.75) is 25.9 Å². The van der Waals surface area contributed by atoms with Crippen molar-refractivity contribution in [3.8, 4) is 0 Å². The molecule has 0 saturated carbocycles. The van der Waals surface area contributed by atoms with Crippen molar-refractivity contribution >= 4 is 5.78 Å². The zero-order chi connectivity index (χ0) is 8.10. The number of carbonyl (C=O) groups excluding carboxylic acids is 1. The van der Waals surface area contributed by atoms with Gasteiger partial charge in [-0.15, -0.1) is 0 Å². The minimum atomic E-state index is -0.288. The summed E-state index contributed by atoms with van der Waals surface area (Å²) in [5, 5.41) is 0. The molecular weight excluding hydrogens is 144 g/mol. The number of rotatable bonds is 3. The van der Waals surface area contributed by atoms with E-state index in [1.54, 1.807) is 0 Å². The predicted molar refractivity (Wildman–Crippen MR) is 40.5 cm³/mol. The van der Waals surface area contributed by atoms with Crippen molar-refractivity contribution in [2.24, 2.45) is 0 Å². The summed E-state index contributed by atoms with van der Waals surface area (Å²) in [5.74, 6) is 0.173. The molecule has 0 aromatic heterocycles. The first-order chi connectivity index (χ1) is 5.34. The van der Waals surface area contributed by atoms with E-state index in [1.165, 1.54) is 0 Å². The number of ether oxygens (including phenoxy) is 2. The van der Waals surface area contributed by atoms with Crippen molar-refractivity contribution in [1.29, 1.82) is 0 Å². The van der Waals surface area contributed by atoms with Crippen molar-refractivity contribution in [1.82, 2.24) is 0 Å². The summed E-state index contributed by atoms with van der Waals surface area (Å²) in [6.07, 6.45) is 1.20. The van der Waals surface area contributed by atoms with E-state index >= 15 is 0 Å². The van der Waals surface area contributed by atoms with Crippen LogP contribution in [-0.2, 0) is 14.3 Å². The molecule has 0 spiro atoms. The van der Waals surface area contributed by atoms with Gasteiger partial charge in [-0.1, -0.05) is 6.92 Å². The molecule has 1 atom stereocenters. The molecule has 0 aromatic rings. The average molecular weight is 158 g/mol. The molecule has 1 aliphatic rings. The number of Topliss-reactive ketones (excluding diaryl/α,β-unsaturated/α-hetero) is 1. The summed E-state index contributed by atoms with van der Waals surface area (Å²) in [4.78, 5) is 11.2. The summed E-state index contributed by atoms with van der Waals surface area (Å²) in [6, 6.07) is 0. The van der Waals surface area contributed by atoms with Gasteiger partial charge in [-0.2, -0.15) is 0 Å². The molecular formula is C8H14O3. The summed E-state index contributed by atoms with van der Waals surface area (Å²) in [6.45, 7) is 3.61. The van der Waals surface area contributed by atoms with Crippen LogP contribution in [0.2, 0.25) is 0 Å². The predicted octanol–water partition coefficient (Wildman–Crippen LogP) is 0.771. The van der Waals surface area contributed by atoms with Gasteiger partial charge in [0, 0.05) is 6.42 Å². The SMILES string of the molecule is CCCC(=O)C1COCCO1. The molecule has 0 bridgehead atoms. The molecule has 64 valence electrons. The van der Waals surface area contributed by atoms with E-state index in [2.05, 4.69) is 0 Å². The van der Waals surface area contributed by atoms with Crippen molar-refractivity contribution in [3.05, 3.63) is 0 Å². The Balaban J connectivity index is 2.27. The fourth-order valence-electron chi connectivity index (χ4n) is 1.08. The Morgan fingerprint density at radius 3 is 2.91 bits per heavy atom. The highest BCUT2D eigenvalue weighted by Crippen LogP contribution is 2.05. The molecule has 0 aliphatic carbocycles. The molecule has 0 aromatic carbocycles. The average Bonchev–Trinajstić information content (AvgIpc) is 2.07. The van der Waals surface area contributed by atoms with Gasteiger partial charge in [-0.25, -0.2) is 0 Å². The van der Waals surface area contributed by atoms with Gasteiger partial charge >= 0.3 is 0 Å². The fraction of sp³-hybridized carbons (Fsp3) is 0.875. The van der Waals surface area contributed by atoms with E-state index in [0.717, 1.165) is 6.42 Å². The lowest BCUT2D eigenvalue weighted by molar-refractivity contribution is -0.145. The first-order valence-corrected chi connectivity index (χ1v) is 4.06. The molecule has 11 heavy (non-hydrogen) atoms. The summed E-state index contributed by atoms with van der Waals surface area (Å²) < 4.78 is 10.3. The van der Waals surface area contributed by atoms with E-state index in [1.807, 2.05) is 6.92 Å². The third-order valence-electron chi connectivity index (χ3n) is 1.67. The molecule has 1 fully saturated rings. The van der Waals surface area contributed by atoms with Crippen LogP contribution in [0.5, 0.6) is 0 Å². The third-order valence-corrected chi connectivity index (χ3v) is 1.67. The lowest BCUT2D eigenvalue weighted by Crippen LogP contribution is -2.35. The van der Waals surface area contributed by atoms with Crippen LogP contribution < -0.4 is 0 Å². The first-order valence-electron chi connectivity index (χ1n) is 4.06. The highest BCUT2D eigenvalue weighted by molar-refractivity contribution is 5.83. The molecule has 3 heteroatoms. The Labute approximate surface area is 66.7 Å². The van der Waals surface area contributed by atoms with Crippen LogP contribution in [-0.4, -0.2) is 31.7 Å². The zero-order valence-corrected chi connectivity index (χ0v) is 6.84. The lowest BCUT2D eigenvalue weighted by Gasteiger charge is -2.21. The molecule has 1 saturated heterocycles. The van der Waals surface area contributed by atoms with Gasteiger partial charge in [0.2, 0.25) is 0 Å². The monoisotopic (exact) mass is 158 g/mol. The summed E-state index contributed by atoms with van der Waals surface area (Å²) in [7, 11) is 0. The normalized spacial score (nSPS) is 25.0. The van der Waals surface area contributed by atoms with Gasteiger partial charge in [-0.3, -0.25) is 4.79 Å². The molecule has 3 nitrogen and oxygen atoms in total. The number of hydrogen-bond donors (Lipinski definition) is 0. The number of ketones is 1.